The minimum atomic E-state index is 0.486. The van der Waals surface area contributed by atoms with Gasteiger partial charge in [0.1, 0.15) is 11.5 Å². The number of hydrogen-bond donors (Lipinski definition) is 0. The van der Waals surface area contributed by atoms with Crippen molar-refractivity contribution in [2.24, 2.45) is 0 Å². The van der Waals surface area contributed by atoms with Crippen molar-refractivity contribution >= 4 is 11.6 Å². The molecule has 2 rings (SSSR count). The van der Waals surface area contributed by atoms with Crippen LogP contribution in [0.5, 0.6) is 11.5 Å². The highest BCUT2D eigenvalue weighted by Gasteiger charge is 2.02. The Kier molecular flexibility index (Phi) is 3.32. The zero-order chi connectivity index (χ0) is 12.3. The topological polar surface area (TPSA) is 33.0 Å². The van der Waals surface area contributed by atoms with E-state index < -0.39 is 0 Å². The Bertz CT molecular complexity index is 587. The molecule has 2 aromatic rings. The third kappa shape index (κ3) is 2.99. The summed E-state index contributed by atoms with van der Waals surface area (Å²) in [4.78, 5) is 0. The third-order valence-electron chi connectivity index (χ3n) is 2.23. The largest absolute Gasteiger partial charge is 0.457 e. The van der Waals surface area contributed by atoms with Crippen molar-refractivity contribution in [1.29, 1.82) is 5.26 Å². The van der Waals surface area contributed by atoms with E-state index >= 15 is 0 Å². The Morgan fingerprint density at radius 2 is 1.94 bits per heavy atom. The second kappa shape index (κ2) is 4.90. The Balaban J connectivity index is 2.30. The van der Waals surface area contributed by atoms with Gasteiger partial charge >= 0.3 is 0 Å². The average Bonchev–Trinajstić information content (AvgIpc) is 2.28. The molecule has 0 fully saturated rings. The Hall–Kier alpha value is -1.98. The van der Waals surface area contributed by atoms with Gasteiger partial charge in [-0.15, -0.1) is 0 Å². The molecule has 0 aliphatic heterocycles. The second-order valence-electron chi connectivity index (χ2n) is 3.71. The number of aryl methyl sites for hydroxylation is 1. The van der Waals surface area contributed by atoms with Crippen molar-refractivity contribution in [2.75, 3.05) is 0 Å². The summed E-state index contributed by atoms with van der Waals surface area (Å²) in [6.45, 7) is 1.99. The van der Waals surface area contributed by atoms with Gasteiger partial charge in [-0.25, -0.2) is 0 Å². The zero-order valence-electron chi connectivity index (χ0n) is 9.27. The van der Waals surface area contributed by atoms with Crippen LogP contribution < -0.4 is 4.74 Å². The number of nitrogens with zero attached hydrogens (tertiary/aromatic N) is 1. The lowest BCUT2D eigenvalue weighted by molar-refractivity contribution is 0.482. The van der Waals surface area contributed by atoms with Crippen LogP contribution in [0.3, 0.4) is 0 Å². The molecule has 0 saturated carbocycles. The van der Waals surface area contributed by atoms with Crippen LogP contribution in [0.25, 0.3) is 0 Å². The fraction of sp³-hybridized carbons (Fsp3) is 0.0714. The molecule has 0 bridgehead atoms. The van der Waals surface area contributed by atoms with Crippen molar-refractivity contribution in [3.63, 3.8) is 0 Å². The summed E-state index contributed by atoms with van der Waals surface area (Å²) in [5, 5.41) is 9.32. The number of ether oxygens (including phenoxy) is 1. The minimum absolute atomic E-state index is 0.486. The van der Waals surface area contributed by atoms with Gasteiger partial charge in [0.2, 0.25) is 0 Å². The van der Waals surface area contributed by atoms with Crippen LogP contribution in [0.15, 0.2) is 42.5 Å². The molecular weight excluding hydrogens is 234 g/mol. The molecule has 2 aromatic carbocycles. The van der Waals surface area contributed by atoms with E-state index in [0.717, 1.165) is 11.3 Å². The lowest BCUT2D eigenvalue weighted by Crippen LogP contribution is -1.86. The standard InChI is InChI=1S/C14H10ClNO/c1-10-3-2-4-13(5-10)17-14-7-11(9-16)6-12(15)8-14/h2-8H,1H3. The summed E-state index contributed by atoms with van der Waals surface area (Å²) < 4.78 is 5.65. The summed E-state index contributed by atoms with van der Waals surface area (Å²) in [6, 6.07) is 14.7. The SMILES string of the molecule is Cc1cccc(Oc2cc(Cl)cc(C#N)c2)c1. The highest BCUT2D eigenvalue weighted by molar-refractivity contribution is 6.30. The molecule has 0 unspecified atom stereocenters. The van der Waals surface area contributed by atoms with E-state index in [1.165, 1.54) is 0 Å². The maximum atomic E-state index is 8.83. The molecule has 0 amide bonds. The number of hydrogen-bond acceptors (Lipinski definition) is 2. The first-order chi connectivity index (χ1) is 8.17. The molecule has 17 heavy (non-hydrogen) atoms. The van der Waals surface area contributed by atoms with E-state index in [2.05, 4.69) is 0 Å². The number of nitriles is 1. The van der Waals surface area contributed by atoms with E-state index in [1.807, 2.05) is 37.3 Å². The summed E-state index contributed by atoms with van der Waals surface area (Å²) >= 11 is 5.90. The van der Waals surface area contributed by atoms with Crippen molar-refractivity contribution in [3.8, 4) is 17.6 Å². The highest BCUT2D eigenvalue weighted by atomic mass is 35.5. The Labute approximate surface area is 105 Å². The maximum Gasteiger partial charge on any atom is 0.130 e. The van der Waals surface area contributed by atoms with E-state index in [4.69, 9.17) is 21.6 Å². The van der Waals surface area contributed by atoms with E-state index in [-0.39, 0.29) is 0 Å². The van der Waals surface area contributed by atoms with Gasteiger partial charge in [-0.2, -0.15) is 5.26 Å². The molecule has 0 heterocycles. The van der Waals surface area contributed by atoms with Crippen LogP contribution >= 0.6 is 11.6 Å². The summed E-state index contributed by atoms with van der Waals surface area (Å²) in [5.41, 5.74) is 1.60. The fourth-order valence-corrected chi connectivity index (χ4v) is 1.73. The smallest absolute Gasteiger partial charge is 0.130 e. The molecule has 0 aromatic heterocycles. The van der Waals surface area contributed by atoms with Crippen LogP contribution in [-0.2, 0) is 0 Å². The monoisotopic (exact) mass is 243 g/mol. The van der Waals surface area contributed by atoms with Crippen molar-refractivity contribution in [2.45, 2.75) is 6.92 Å². The van der Waals surface area contributed by atoms with Gasteiger partial charge < -0.3 is 4.74 Å². The van der Waals surface area contributed by atoms with Gasteiger partial charge in [0, 0.05) is 5.02 Å². The summed E-state index contributed by atoms with van der Waals surface area (Å²) in [7, 11) is 0. The Morgan fingerprint density at radius 1 is 1.12 bits per heavy atom. The maximum absolute atomic E-state index is 8.83. The molecule has 0 radical (unpaired) electrons. The van der Waals surface area contributed by atoms with E-state index in [0.29, 0.717) is 16.3 Å². The molecule has 0 aliphatic rings. The fourth-order valence-electron chi connectivity index (χ4n) is 1.50. The first-order valence-electron chi connectivity index (χ1n) is 5.12. The normalized spacial score (nSPS) is 9.71. The zero-order valence-corrected chi connectivity index (χ0v) is 10.0. The first kappa shape index (κ1) is 11.5. The van der Waals surface area contributed by atoms with Gasteiger partial charge in [-0.05, 0) is 42.8 Å². The molecule has 2 nitrogen and oxygen atoms in total. The number of rotatable bonds is 2. The Morgan fingerprint density at radius 3 is 2.65 bits per heavy atom. The highest BCUT2D eigenvalue weighted by Crippen LogP contribution is 2.26. The van der Waals surface area contributed by atoms with Crippen LogP contribution in [0.1, 0.15) is 11.1 Å². The molecule has 0 spiro atoms. The molecule has 0 N–H and O–H groups in total. The van der Waals surface area contributed by atoms with Crippen molar-refractivity contribution in [1.82, 2.24) is 0 Å². The molecule has 0 aliphatic carbocycles. The van der Waals surface area contributed by atoms with Gasteiger partial charge in [-0.3, -0.25) is 0 Å². The lowest BCUT2D eigenvalue weighted by Gasteiger charge is -2.07. The van der Waals surface area contributed by atoms with Gasteiger partial charge in [0.25, 0.3) is 0 Å². The molecule has 0 atom stereocenters. The quantitative estimate of drug-likeness (QED) is 0.787. The average molecular weight is 244 g/mol. The van der Waals surface area contributed by atoms with Crippen LogP contribution in [0, 0.1) is 18.3 Å². The van der Waals surface area contributed by atoms with Crippen LogP contribution in [0.2, 0.25) is 5.02 Å². The van der Waals surface area contributed by atoms with Gasteiger partial charge in [-0.1, -0.05) is 23.7 Å². The summed E-state index contributed by atoms with van der Waals surface area (Å²) in [5.74, 6) is 1.30. The molecular formula is C14H10ClNO. The molecule has 3 heteroatoms. The third-order valence-corrected chi connectivity index (χ3v) is 2.44. The number of benzene rings is 2. The van der Waals surface area contributed by atoms with Gasteiger partial charge in [0.15, 0.2) is 0 Å². The number of halogens is 1. The van der Waals surface area contributed by atoms with Crippen molar-refractivity contribution < 1.29 is 4.74 Å². The van der Waals surface area contributed by atoms with E-state index in [1.54, 1.807) is 18.2 Å². The van der Waals surface area contributed by atoms with Crippen LogP contribution in [-0.4, -0.2) is 0 Å². The predicted molar refractivity (Wildman–Crippen MR) is 67.4 cm³/mol. The van der Waals surface area contributed by atoms with Crippen LogP contribution in [0.4, 0.5) is 0 Å². The van der Waals surface area contributed by atoms with Gasteiger partial charge in [0.05, 0.1) is 11.6 Å². The minimum Gasteiger partial charge on any atom is -0.457 e. The summed E-state index contributed by atoms with van der Waals surface area (Å²) in [6.07, 6.45) is 0. The molecule has 0 saturated heterocycles. The second-order valence-corrected chi connectivity index (χ2v) is 4.14. The van der Waals surface area contributed by atoms with E-state index in [9.17, 15) is 0 Å². The van der Waals surface area contributed by atoms with Crippen molar-refractivity contribution in [3.05, 3.63) is 58.6 Å². The predicted octanol–water partition coefficient (Wildman–Crippen LogP) is 4.31. The first-order valence-corrected chi connectivity index (χ1v) is 5.50. The molecule has 84 valence electrons. The lowest BCUT2D eigenvalue weighted by atomic mass is 10.2.